The summed E-state index contributed by atoms with van der Waals surface area (Å²) in [5, 5.41) is 5.19. The fraction of sp³-hybridized carbons (Fsp3) is 0.238. The van der Waals surface area contributed by atoms with Crippen molar-refractivity contribution in [2.75, 3.05) is 30.5 Å². The van der Waals surface area contributed by atoms with Gasteiger partial charge in [0.2, 0.25) is 0 Å². The number of para-hydroxylation sites is 1. The average molecular weight is 397 g/mol. The Kier molecular flexibility index (Phi) is 4.96. The van der Waals surface area contributed by atoms with Crippen LogP contribution in [0.25, 0.3) is 0 Å². The predicted octanol–water partition coefficient (Wildman–Crippen LogP) is 3.84. The van der Waals surface area contributed by atoms with E-state index in [2.05, 4.69) is 10.00 Å². The highest BCUT2D eigenvalue weighted by atomic mass is 35.5. The minimum absolute atomic E-state index is 0.0785. The van der Waals surface area contributed by atoms with Gasteiger partial charge in [-0.05, 0) is 42.5 Å². The smallest absolute Gasteiger partial charge is 0.276 e. The normalized spacial score (nSPS) is 13.4. The van der Waals surface area contributed by atoms with Gasteiger partial charge in [0.05, 0.1) is 36.6 Å². The number of benzene rings is 2. The van der Waals surface area contributed by atoms with Gasteiger partial charge in [0, 0.05) is 19.3 Å². The molecule has 144 valence electrons. The van der Waals surface area contributed by atoms with Crippen LogP contribution in [-0.2, 0) is 13.1 Å². The van der Waals surface area contributed by atoms with Crippen molar-refractivity contribution < 1.29 is 9.53 Å². The van der Waals surface area contributed by atoms with Crippen LogP contribution in [0.4, 0.5) is 11.4 Å². The van der Waals surface area contributed by atoms with Gasteiger partial charge in [-0.3, -0.25) is 9.48 Å². The maximum Gasteiger partial charge on any atom is 0.276 e. The van der Waals surface area contributed by atoms with Crippen LogP contribution < -0.4 is 14.5 Å². The number of amides is 1. The van der Waals surface area contributed by atoms with Gasteiger partial charge < -0.3 is 14.5 Å². The minimum Gasteiger partial charge on any atom is -0.497 e. The standard InChI is InChI=1S/C21H21ClN4O2/c1-24(16-7-9-17(28-2)10-8-16)14-15-13-20-21(27)25(11-12-26(20)23-15)19-6-4-3-5-18(19)22/h3-10,13H,11-12,14H2,1-2H3. The Morgan fingerprint density at radius 1 is 1.14 bits per heavy atom. The van der Waals surface area contributed by atoms with Crippen LogP contribution in [0.3, 0.4) is 0 Å². The fourth-order valence-corrected chi connectivity index (χ4v) is 3.63. The van der Waals surface area contributed by atoms with Crippen molar-refractivity contribution in [2.45, 2.75) is 13.1 Å². The number of carbonyl (C=O) groups is 1. The van der Waals surface area contributed by atoms with Crippen molar-refractivity contribution in [2.24, 2.45) is 0 Å². The highest BCUT2D eigenvalue weighted by Crippen LogP contribution is 2.29. The molecular weight excluding hydrogens is 376 g/mol. The molecule has 0 spiro atoms. The van der Waals surface area contributed by atoms with Crippen LogP contribution in [0.1, 0.15) is 16.2 Å². The first kappa shape index (κ1) is 18.4. The van der Waals surface area contributed by atoms with Crippen LogP contribution in [0, 0.1) is 0 Å². The van der Waals surface area contributed by atoms with Crippen LogP contribution in [0.5, 0.6) is 5.75 Å². The summed E-state index contributed by atoms with van der Waals surface area (Å²) in [7, 11) is 3.65. The number of hydrogen-bond donors (Lipinski definition) is 0. The third-order valence-electron chi connectivity index (χ3n) is 4.89. The number of ether oxygens (including phenoxy) is 1. The summed E-state index contributed by atoms with van der Waals surface area (Å²) in [6.45, 7) is 1.79. The molecule has 0 aliphatic carbocycles. The summed E-state index contributed by atoms with van der Waals surface area (Å²) in [5.41, 5.74) is 3.22. The zero-order chi connectivity index (χ0) is 19.7. The molecule has 1 aliphatic rings. The Balaban J connectivity index is 1.53. The van der Waals surface area contributed by atoms with Crippen LogP contribution >= 0.6 is 11.6 Å². The Morgan fingerprint density at radius 2 is 1.89 bits per heavy atom. The third-order valence-corrected chi connectivity index (χ3v) is 5.21. The molecule has 0 saturated carbocycles. The van der Waals surface area contributed by atoms with E-state index in [9.17, 15) is 4.79 Å². The average Bonchev–Trinajstić information content (AvgIpc) is 3.12. The van der Waals surface area contributed by atoms with Gasteiger partial charge in [-0.25, -0.2) is 0 Å². The summed E-state index contributed by atoms with van der Waals surface area (Å²) in [6.07, 6.45) is 0. The van der Waals surface area contributed by atoms with Crippen molar-refractivity contribution >= 4 is 28.9 Å². The molecule has 0 atom stereocenters. The van der Waals surface area contributed by atoms with E-state index >= 15 is 0 Å². The molecule has 2 aromatic carbocycles. The van der Waals surface area contributed by atoms with E-state index in [0.29, 0.717) is 30.4 Å². The molecule has 2 heterocycles. The van der Waals surface area contributed by atoms with E-state index in [0.717, 1.165) is 22.8 Å². The number of anilines is 2. The maximum atomic E-state index is 13.0. The van der Waals surface area contributed by atoms with Gasteiger partial charge in [-0.15, -0.1) is 0 Å². The molecule has 0 fully saturated rings. The number of halogens is 1. The summed E-state index contributed by atoms with van der Waals surface area (Å²) in [6, 6.07) is 17.1. The van der Waals surface area contributed by atoms with Crippen LogP contribution in [0.15, 0.2) is 54.6 Å². The zero-order valence-corrected chi connectivity index (χ0v) is 16.6. The quantitative estimate of drug-likeness (QED) is 0.657. The SMILES string of the molecule is COc1ccc(N(C)Cc2cc3n(n2)CCN(c2ccccc2Cl)C3=O)cc1. The summed E-state index contributed by atoms with van der Waals surface area (Å²) in [4.78, 5) is 16.8. The summed E-state index contributed by atoms with van der Waals surface area (Å²) in [5.74, 6) is 0.741. The van der Waals surface area contributed by atoms with E-state index < -0.39 is 0 Å². The molecule has 0 saturated heterocycles. The largest absolute Gasteiger partial charge is 0.497 e. The van der Waals surface area contributed by atoms with Gasteiger partial charge in [0.15, 0.2) is 0 Å². The Hall–Kier alpha value is -2.99. The molecule has 4 rings (SSSR count). The van der Waals surface area contributed by atoms with Crippen molar-refractivity contribution in [1.29, 1.82) is 0 Å². The first-order valence-electron chi connectivity index (χ1n) is 9.05. The minimum atomic E-state index is -0.0785. The molecule has 0 bridgehead atoms. The lowest BCUT2D eigenvalue weighted by Gasteiger charge is -2.28. The molecule has 3 aromatic rings. The first-order valence-corrected chi connectivity index (χ1v) is 9.43. The highest BCUT2D eigenvalue weighted by Gasteiger charge is 2.28. The molecule has 1 aliphatic heterocycles. The fourth-order valence-electron chi connectivity index (χ4n) is 3.40. The number of carbonyl (C=O) groups excluding carboxylic acids is 1. The Labute approximate surface area is 168 Å². The second-order valence-corrected chi connectivity index (χ2v) is 7.11. The summed E-state index contributed by atoms with van der Waals surface area (Å²) >= 11 is 6.28. The number of nitrogens with zero attached hydrogens (tertiary/aromatic N) is 4. The van der Waals surface area contributed by atoms with Crippen LogP contribution in [0.2, 0.25) is 5.02 Å². The number of methoxy groups -OCH3 is 1. The number of rotatable bonds is 5. The summed E-state index contributed by atoms with van der Waals surface area (Å²) < 4.78 is 6.99. The molecular formula is C21H21ClN4O2. The Morgan fingerprint density at radius 3 is 2.61 bits per heavy atom. The predicted molar refractivity (Wildman–Crippen MR) is 110 cm³/mol. The Bertz CT molecular complexity index is 1000. The molecule has 1 aromatic heterocycles. The van der Waals surface area contributed by atoms with Gasteiger partial charge in [0.25, 0.3) is 5.91 Å². The lowest BCUT2D eigenvalue weighted by atomic mass is 10.2. The molecule has 28 heavy (non-hydrogen) atoms. The molecule has 6 nitrogen and oxygen atoms in total. The van der Waals surface area contributed by atoms with Gasteiger partial charge in [0.1, 0.15) is 11.4 Å². The highest BCUT2D eigenvalue weighted by molar-refractivity contribution is 6.34. The molecule has 0 N–H and O–H groups in total. The topological polar surface area (TPSA) is 50.6 Å². The van der Waals surface area contributed by atoms with E-state index in [-0.39, 0.29) is 5.91 Å². The molecule has 7 heteroatoms. The molecule has 0 radical (unpaired) electrons. The van der Waals surface area contributed by atoms with Crippen molar-refractivity contribution in [1.82, 2.24) is 9.78 Å². The second kappa shape index (κ2) is 7.56. The number of hydrogen-bond acceptors (Lipinski definition) is 4. The zero-order valence-electron chi connectivity index (χ0n) is 15.8. The first-order chi connectivity index (χ1) is 13.6. The van der Waals surface area contributed by atoms with E-state index in [1.807, 2.05) is 55.6 Å². The van der Waals surface area contributed by atoms with Gasteiger partial charge >= 0.3 is 0 Å². The van der Waals surface area contributed by atoms with E-state index in [1.165, 1.54) is 0 Å². The monoisotopic (exact) mass is 396 g/mol. The van der Waals surface area contributed by atoms with Gasteiger partial charge in [-0.1, -0.05) is 23.7 Å². The van der Waals surface area contributed by atoms with Crippen molar-refractivity contribution in [3.05, 3.63) is 71.0 Å². The number of fused-ring (bicyclic) bond motifs is 1. The van der Waals surface area contributed by atoms with Crippen LogP contribution in [-0.4, -0.2) is 36.4 Å². The maximum absolute atomic E-state index is 13.0. The van der Waals surface area contributed by atoms with Crippen molar-refractivity contribution in [3.8, 4) is 5.75 Å². The lowest BCUT2D eigenvalue weighted by molar-refractivity contribution is 0.0962. The molecule has 1 amide bonds. The second-order valence-electron chi connectivity index (χ2n) is 6.71. The van der Waals surface area contributed by atoms with E-state index in [1.54, 1.807) is 22.8 Å². The molecule has 0 unspecified atom stereocenters. The van der Waals surface area contributed by atoms with Crippen molar-refractivity contribution in [3.63, 3.8) is 0 Å². The lowest BCUT2D eigenvalue weighted by Crippen LogP contribution is -2.40. The number of aromatic nitrogens is 2. The third kappa shape index (κ3) is 3.43. The van der Waals surface area contributed by atoms with Gasteiger partial charge in [-0.2, -0.15) is 5.10 Å². The van der Waals surface area contributed by atoms with E-state index in [4.69, 9.17) is 16.3 Å².